The Morgan fingerprint density at radius 1 is 1.20 bits per heavy atom. The number of nitriles is 1. The standard InChI is InChI=1S/C17H11Cl2F6N5/c1-8(16(20,21)22)13-12(6-26)28-30(15(13)27-7-29(2)3)14-10(18)4-9(5-11(14)19)17(23,24)25/h4-5,7H,1H2,2-3H3. The molecule has 0 aliphatic heterocycles. The van der Waals surface area contributed by atoms with Crippen LogP contribution in [-0.4, -0.2) is 41.3 Å². The Balaban J connectivity index is 2.90. The van der Waals surface area contributed by atoms with Crippen molar-refractivity contribution in [2.24, 2.45) is 4.99 Å². The molecule has 0 spiro atoms. The summed E-state index contributed by atoms with van der Waals surface area (Å²) in [5.74, 6) is -0.536. The SMILES string of the molecule is C=C(c1c(C#N)nn(-c2c(Cl)cc(C(F)(F)F)cc2Cl)c1N=CN(C)C)C(F)(F)F. The number of rotatable bonds is 4. The van der Waals surface area contributed by atoms with E-state index in [0.717, 1.165) is 6.34 Å². The predicted molar refractivity (Wildman–Crippen MR) is 100 cm³/mol. The molecule has 160 valence electrons. The first kappa shape index (κ1) is 23.6. The predicted octanol–water partition coefficient (Wildman–Crippen LogP) is 5.87. The van der Waals surface area contributed by atoms with Gasteiger partial charge in [-0.15, -0.1) is 0 Å². The minimum Gasteiger partial charge on any atom is -0.369 e. The Hall–Kier alpha value is -2.71. The molecule has 2 aromatic rings. The van der Waals surface area contributed by atoms with Crippen molar-refractivity contribution in [2.75, 3.05) is 14.1 Å². The highest BCUT2D eigenvalue weighted by Crippen LogP contribution is 2.43. The Bertz CT molecular complexity index is 1040. The van der Waals surface area contributed by atoms with Crippen molar-refractivity contribution in [3.63, 3.8) is 0 Å². The van der Waals surface area contributed by atoms with Crippen molar-refractivity contribution >= 4 is 40.9 Å². The number of aromatic nitrogens is 2. The highest BCUT2D eigenvalue weighted by atomic mass is 35.5. The number of allylic oxidation sites excluding steroid dienone is 1. The van der Waals surface area contributed by atoms with Crippen LogP contribution in [0.2, 0.25) is 10.0 Å². The van der Waals surface area contributed by atoms with Crippen LogP contribution in [0.3, 0.4) is 0 Å². The Kier molecular flexibility index (Phi) is 6.44. The van der Waals surface area contributed by atoms with E-state index in [0.29, 0.717) is 16.8 Å². The van der Waals surface area contributed by atoms with E-state index >= 15 is 0 Å². The van der Waals surface area contributed by atoms with Gasteiger partial charge < -0.3 is 4.90 Å². The molecular formula is C17H11Cl2F6N5. The van der Waals surface area contributed by atoms with Crippen LogP contribution in [0, 0.1) is 11.3 Å². The van der Waals surface area contributed by atoms with Crippen molar-refractivity contribution < 1.29 is 26.3 Å². The first-order valence-corrected chi connectivity index (χ1v) is 8.50. The molecule has 2 rings (SSSR count). The van der Waals surface area contributed by atoms with Gasteiger partial charge in [0.15, 0.2) is 11.5 Å². The van der Waals surface area contributed by atoms with Crippen LogP contribution in [0.5, 0.6) is 0 Å². The Morgan fingerprint density at radius 2 is 1.73 bits per heavy atom. The third kappa shape index (κ3) is 4.71. The van der Waals surface area contributed by atoms with Gasteiger partial charge >= 0.3 is 12.4 Å². The summed E-state index contributed by atoms with van der Waals surface area (Å²) in [5, 5.41) is 11.9. The van der Waals surface area contributed by atoms with E-state index in [1.165, 1.54) is 25.1 Å². The van der Waals surface area contributed by atoms with Gasteiger partial charge in [-0.25, -0.2) is 9.67 Å². The third-order valence-electron chi connectivity index (χ3n) is 3.58. The summed E-state index contributed by atoms with van der Waals surface area (Å²) >= 11 is 11.9. The minimum atomic E-state index is -4.93. The number of hydrogen-bond acceptors (Lipinski definition) is 3. The number of benzene rings is 1. The van der Waals surface area contributed by atoms with Gasteiger partial charge in [0.2, 0.25) is 0 Å². The number of alkyl halides is 6. The minimum absolute atomic E-state index is 0.380. The lowest BCUT2D eigenvalue weighted by Gasteiger charge is -2.14. The van der Waals surface area contributed by atoms with Crippen LogP contribution < -0.4 is 0 Å². The topological polar surface area (TPSA) is 57.2 Å². The summed E-state index contributed by atoms with van der Waals surface area (Å²) in [6.45, 7) is 2.96. The van der Waals surface area contributed by atoms with E-state index in [9.17, 15) is 31.6 Å². The zero-order valence-electron chi connectivity index (χ0n) is 15.2. The maximum Gasteiger partial charge on any atom is 0.416 e. The largest absolute Gasteiger partial charge is 0.416 e. The van der Waals surface area contributed by atoms with E-state index in [1.54, 1.807) is 0 Å². The fraction of sp³-hybridized carbons (Fsp3) is 0.235. The number of aliphatic imine (C=N–C) groups is 1. The maximum absolute atomic E-state index is 13.3. The molecule has 1 heterocycles. The molecule has 30 heavy (non-hydrogen) atoms. The molecule has 0 atom stereocenters. The second kappa shape index (κ2) is 8.20. The molecule has 0 amide bonds. The number of hydrogen-bond donors (Lipinski definition) is 0. The van der Waals surface area contributed by atoms with E-state index in [1.807, 2.05) is 0 Å². The number of halogens is 8. The molecule has 0 aliphatic carbocycles. The molecule has 1 aromatic heterocycles. The van der Waals surface area contributed by atoms with Crippen LogP contribution in [0.4, 0.5) is 32.2 Å². The second-order valence-electron chi connectivity index (χ2n) is 6.04. The van der Waals surface area contributed by atoms with Crippen LogP contribution >= 0.6 is 23.2 Å². The van der Waals surface area contributed by atoms with Gasteiger partial charge in [-0.3, -0.25) is 0 Å². The molecule has 0 bridgehead atoms. The van der Waals surface area contributed by atoms with Gasteiger partial charge in [0.05, 0.1) is 33.1 Å². The van der Waals surface area contributed by atoms with E-state index < -0.39 is 50.6 Å². The molecule has 0 saturated carbocycles. The van der Waals surface area contributed by atoms with Crippen molar-refractivity contribution in [1.82, 2.24) is 14.7 Å². The monoisotopic (exact) mass is 469 g/mol. The molecule has 0 fully saturated rings. The molecule has 0 radical (unpaired) electrons. The van der Waals surface area contributed by atoms with Crippen molar-refractivity contribution in [3.05, 3.63) is 45.6 Å². The lowest BCUT2D eigenvalue weighted by molar-refractivity contribution is -0.137. The van der Waals surface area contributed by atoms with Crippen LogP contribution in [0.1, 0.15) is 16.8 Å². The highest BCUT2D eigenvalue weighted by Gasteiger charge is 2.39. The quantitative estimate of drug-likeness (QED) is 0.319. The zero-order chi connectivity index (χ0) is 23.0. The molecule has 5 nitrogen and oxygen atoms in total. The third-order valence-corrected chi connectivity index (χ3v) is 4.15. The molecule has 0 aliphatic rings. The average Bonchev–Trinajstić information content (AvgIpc) is 2.95. The van der Waals surface area contributed by atoms with Crippen LogP contribution in [0.25, 0.3) is 11.3 Å². The molecule has 0 unspecified atom stereocenters. The van der Waals surface area contributed by atoms with Crippen molar-refractivity contribution in [2.45, 2.75) is 12.4 Å². The van der Waals surface area contributed by atoms with Crippen LogP contribution in [-0.2, 0) is 6.18 Å². The molecule has 13 heteroatoms. The van der Waals surface area contributed by atoms with Gasteiger partial charge in [-0.2, -0.15) is 36.7 Å². The van der Waals surface area contributed by atoms with Gasteiger partial charge in [-0.1, -0.05) is 29.8 Å². The molecule has 0 saturated heterocycles. The van der Waals surface area contributed by atoms with Gasteiger partial charge in [0.1, 0.15) is 11.8 Å². The highest BCUT2D eigenvalue weighted by molar-refractivity contribution is 6.38. The van der Waals surface area contributed by atoms with Gasteiger partial charge in [-0.05, 0) is 12.1 Å². The maximum atomic E-state index is 13.3. The lowest BCUT2D eigenvalue weighted by atomic mass is 10.1. The summed E-state index contributed by atoms with van der Waals surface area (Å²) < 4.78 is 79.5. The van der Waals surface area contributed by atoms with E-state index in [-0.39, 0.29) is 5.69 Å². The fourth-order valence-electron chi connectivity index (χ4n) is 2.28. The number of nitrogens with zero attached hydrogens (tertiary/aromatic N) is 5. The zero-order valence-corrected chi connectivity index (χ0v) is 16.7. The summed E-state index contributed by atoms with van der Waals surface area (Å²) in [4.78, 5) is 5.26. The van der Waals surface area contributed by atoms with Gasteiger partial charge in [0.25, 0.3) is 0 Å². The van der Waals surface area contributed by atoms with E-state index in [4.69, 9.17) is 23.2 Å². The second-order valence-corrected chi connectivity index (χ2v) is 6.86. The smallest absolute Gasteiger partial charge is 0.369 e. The molecule has 1 aromatic carbocycles. The Labute approximate surface area is 176 Å². The average molecular weight is 470 g/mol. The fourth-order valence-corrected chi connectivity index (χ4v) is 2.93. The van der Waals surface area contributed by atoms with Crippen molar-refractivity contribution in [3.8, 4) is 11.8 Å². The van der Waals surface area contributed by atoms with E-state index in [2.05, 4.69) is 16.7 Å². The van der Waals surface area contributed by atoms with Gasteiger partial charge in [0, 0.05) is 14.1 Å². The summed E-state index contributed by atoms with van der Waals surface area (Å²) in [6.07, 6.45) is -8.60. The molecular weight excluding hydrogens is 459 g/mol. The van der Waals surface area contributed by atoms with Crippen molar-refractivity contribution in [1.29, 1.82) is 5.26 Å². The molecule has 0 N–H and O–H groups in total. The first-order chi connectivity index (χ1) is 13.7. The lowest BCUT2D eigenvalue weighted by Crippen LogP contribution is -2.11. The summed E-state index contributed by atoms with van der Waals surface area (Å²) in [5.41, 5.74) is -4.44. The first-order valence-electron chi connectivity index (χ1n) is 7.75. The Morgan fingerprint density at radius 3 is 2.13 bits per heavy atom. The van der Waals surface area contributed by atoms with Crippen LogP contribution in [0.15, 0.2) is 23.7 Å². The summed E-state index contributed by atoms with van der Waals surface area (Å²) in [7, 11) is 3.04. The summed E-state index contributed by atoms with van der Waals surface area (Å²) in [6, 6.07) is 2.57. The normalized spacial score (nSPS) is 12.3.